The van der Waals surface area contributed by atoms with Crippen molar-refractivity contribution in [3.05, 3.63) is 12.2 Å². The lowest BCUT2D eigenvalue weighted by molar-refractivity contribution is -0.140. The average molecular weight is 365 g/mol. The summed E-state index contributed by atoms with van der Waals surface area (Å²) in [6.07, 6.45) is 6.13. The molecule has 26 heavy (non-hydrogen) atoms. The Hall–Kier alpha value is -1.89. The zero-order chi connectivity index (χ0) is 19.3. The number of amides is 3. The number of rotatable bonds is 8. The molecule has 3 N–H and O–H groups in total. The standard InChI is InChI=1S/C19H31N3O4/c1-4-5-9-21-18(25)16-13-8-7-12(2)14(17(24)20-3)15(13)19(26)22(16)10-6-11-23/h7-8,12-16,23H,4-6,9-11H2,1-3H3,(H,20,24)(H,21,25)/t12-,13+,14-,15-,16+/m1/s1. The zero-order valence-electron chi connectivity index (χ0n) is 15.9. The number of carbonyl (C=O) groups is 3. The van der Waals surface area contributed by atoms with Gasteiger partial charge in [0.2, 0.25) is 17.7 Å². The van der Waals surface area contributed by atoms with E-state index in [-0.39, 0.29) is 36.2 Å². The molecule has 7 heteroatoms. The van der Waals surface area contributed by atoms with Crippen LogP contribution in [-0.4, -0.2) is 60.5 Å². The van der Waals surface area contributed by atoms with E-state index in [9.17, 15) is 19.5 Å². The lowest BCUT2D eigenvalue weighted by Crippen LogP contribution is -2.48. The number of aliphatic hydroxyl groups is 1. The number of allylic oxidation sites excluding steroid dienone is 1. The average Bonchev–Trinajstić information content (AvgIpc) is 2.91. The minimum atomic E-state index is -0.619. The van der Waals surface area contributed by atoms with E-state index in [2.05, 4.69) is 10.6 Å². The molecule has 0 radical (unpaired) electrons. The molecule has 0 aromatic heterocycles. The fraction of sp³-hybridized carbons (Fsp3) is 0.737. The van der Waals surface area contributed by atoms with Crippen LogP contribution in [0, 0.1) is 23.7 Å². The molecule has 2 rings (SSSR count). The Morgan fingerprint density at radius 1 is 1.23 bits per heavy atom. The maximum absolute atomic E-state index is 13.1. The van der Waals surface area contributed by atoms with Gasteiger partial charge in [-0.15, -0.1) is 0 Å². The molecule has 0 spiro atoms. The Morgan fingerprint density at radius 2 is 1.96 bits per heavy atom. The van der Waals surface area contributed by atoms with Crippen LogP contribution in [0.5, 0.6) is 0 Å². The number of carbonyl (C=O) groups excluding carboxylic acids is 3. The molecule has 1 fully saturated rings. The Balaban J connectivity index is 2.32. The highest BCUT2D eigenvalue weighted by atomic mass is 16.3. The highest BCUT2D eigenvalue weighted by Gasteiger charge is 2.56. The van der Waals surface area contributed by atoms with Gasteiger partial charge < -0.3 is 20.6 Å². The van der Waals surface area contributed by atoms with Gasteiger partial charge in [-0.1, -0.05) is 32.4 Å². The highest BCUT2D eigenvalue weighted by molar-refractivity contribution is 5.96. The summed E-state index contributed by atoms with van der Waals surface area (Å²) in [7, 11) is 1.57. The van der Waals surface area contributed by atoms with Gasteiger partial charge >= 0.3 is 0 Å². The van der Waals surface area contributed by atoms with Crippen LogP contribution in [0.1, 0.15) is 33.1 Å². The lowest BCUT2D eigenvalue weighted by atomic mass is 9.70. The second-order valence-electron chi connectivity index (χ2n) is 7.19. The first-order chi connectivity index (χ1) is 12.5. The van der Waals surface area contributed by atoms with Gasteiger partial charge in [-0.05, 0) is 18.8 Å². The van der Waals surface area contributed by atoms with Crippen molar-refractivity contribution in [2.75, 3.05) is 26.7 Å². The van der Waals surface area contributed by atoms with Crippen molar-refractivity contribution >= 4 is 17.7 Å². The SMILES string of the molecule is CCCCNC(=O)[C@@H]1[C@H]2C=C[C@@H](C)[C@@H](C(=O)NC)[C@@H]2C(=O)N1CCCO. The molecule has 7 nitrogen and oxygen atoms in total. The van der Waals surface area contributed by atoms with Crippen molar-refractivity contribution in [1.82, 2.24) is 15.5 Å². The van der Waals surface area contributed by atoms with E-state index in [0.717, 1.165) is 12.8 Å². The minimum Gasteiger partial charge on any atom is -0.396 e. The van der Waals surface area contributed by atoms with E-state index >= 15 is 0 Å². The third kappa shape index (κ3) is 3.92. The van der Waals surface area contributed by atoms with Crippen molar-refractivity contribution in [2.24, 2.45) is 23.7 Å². The van der Waals surface area contributed by atoms with Crippen molar-refractivity contribution in [2.45, 2.75) is 39.2 Å². The summed E-state index contributed by atoms with van der Waals surface area (Å²) in [6.45, 7) is 4.82. The number of likely N-dealkylation sites (tertiary alicyclic amines) is 1. The summed E-state index contributed by atoms with van der Waals surface area (Å²) in [4.78, 5) is 39.9. The molecule has 0 aromatic carbocycles. The van der Waals surface area contributed by atoms with Gasteiger partial charge in [0.1, 0.15) is 6.04 Å². The Morgan fingerprint density at radius 3 is 2.58 bits per heavy atom. The zero-order valence-corrected chi connectivity index (χ0v) is 15.9. The van der Waals surface area contributed by atoms with Crippen molar-refractivity contribution in [3.8, 4) is 0 Å². The molecule has 2 aliphatic rings. The molecule has 3 amide bonds. The Bertz CT molecular complexity index is 563. The monoisotopic (exact) mass is 365 g/mol. The van der Waals surface area contributed by atoms with E-state index in [0.29, 0.717) is 19.5 Å². The van der Waals surface area contributed by atoms with Crippen molar-refractivity contribution < 1.29 is 19.5 Å². The molecule has 1 saturated heterocycles. The number of aliphatic hydroxyl groups excluding tert-OH is 1. The molecule has 0 bridgehead atoms. The Kier molecular flexibility index (Phi) is 7.20. The second kappa shape index (κ2) is 9.16. The summed E-state index contributed by atoms with van der Waals surface area (Å²) in [5.74, 6) is -1.90. The number of hydrogen-bond acceptors (Lipinski definition) is 4. The lowest BCUT2D eigenvalue weighted by Gasteiger charge is -2.32. The van der Waals surface area contributed by atoms with Crippen molar-refractivity contribution in [3.63, 3.8) is 0 Å². The predicted octanol–water partition coefficient (Wildman–Crippen LogP) is 0.296. The van der Waals surface area contributed by atoms with E-state index in [4.69, 9.17) is 0 Å². The largest absolute Gasteiger partial charge is 0.396 e. The number of hydrogen-bond donors (Lipinski definition) is 3. The smallest absolute Gasteiger partial charge is 0.243 e. The van der Waals surface area contributed by atoms with E-state index in [1.165, 1.54) is 0 Å². The first-order valence-corrected chi connectivity index (χ1v) is 9.56. The molecule has 0 saturated carbocycles. The van der Waals surface area contributed by atoms with Gasteiger partial charge in [0.25, 0.3) is 0 Å². The maximum Gasteiger partial charge on any atom is 0.243 e. The molecular formula is C19H31N3O4. The van der Waals surface area contributed by atoms with Gasteiger partial charge in [-0.3, -0.25) is 14.4 Å². The third-order valence-corrected chi connectivity index (χ3v) is 5.48. The molecular weight excluding hydrogens is 334 g/mol. The molecule has 0 aromatic rings. The fourth-order valence-corrected chi connectivity index (χ4v) is 4.13. The molecule has 5 atom stereocenters. The first kappa shape index (κ1) is 20.4. The summed E-state index contributed by atoms with van der Waals surface area (Å²) < 4.78 is 0. The molecule has 1 aliphatic heterocycles. The van der Waals surface area contributed by atoms with Gasteiger partial charge in [-0.25, -0.2) is 0 Å². The first-order valence-electron chi connectivity index (χ1n) is 9.56. The quantitative estimate of drug-likeness (QED) is 0.425. The van der Waals surface area contributed by atoms with Gasteiger partial charge in [0, 0.05) is 32.7 Å². The van der Waals surface area contributed by atoms with Crippen molar-refractivity contribution in [1.29, 1.82) is 0 Å². The topological polar surface area (TPSA) is 98.7 Å². The van der Waals surface area contributed by atoms with Crippen LogP contribution in [0.15, 0.2) is 12.2 Å². The van der Waals surface area contributed by atoms with E-state index in [1.807, 2.05) is 26.0 Å². The van der Waals surface area contributed by atoms with Crippen LogP contribution in [-0.2, 0) is 14.4 Å². The van der Waals surface area contributed by atoms with E-state index in [1.54, 1.807) is 11.9 Å². The number of nitrogens with zero attached hydrogens (tertiary/aromatic N) is 1. The van der Waals surface area contributed by atoms with Crippen LogP contribution in [0.3, 0.4) is 0 Å². The van der Waals surface area contributed by atoms with Crippen LogP contribution >= 0.6 is 0 Å². The van der Waals surface area contributed by atoms with E-state index < -0.39 is 17.9 Å². The molecule has 1 aliphatic carbocycles. The summed E-state index contributed by atoms with van der Waals surface area (Å²) in [5.41, 5.74) is 0. The van der Waals surface area contributed by atoms with Gasteiger partial charge in [0.15, 0.2) is 0 Å². The Labute approximate surface area is 155 Å². The van der Waals surface area contributed by atoms with Crippen LogP contribution in [0.25, 0.3) is 0 Å². The third-order valence-electron chi connectivity index (χ3n) is 5.48. The number of unbranched alkanes of at least 4 members (excludes halogenated alkanes) is 1. The molecule has 1 heterocycles. The molecule has 146 valence electrons. The van der Waals surface area contributed by atoms with Crippen LogP contribution in [0.2, 0.25) is 0 Å². The fourth-order valence-electron chi connectivity index (χ4n) is 4.13. The minimum absolute atomic E-state index is 0.0472. The van der Waals surface area contributed by atoms with Crippen LogP contribution < -0.4 is 10.6 Å². The van der Waals surface area contributed by atoms with Gasteiger partial charge in [0.05, 0.1) is 11.8 Å². The number of nitrogens with one attached hydrogen (secondary N) is 2. The molecule has 0 unspecified atom stereocenters. The highest BCUT2D eigenvalue weighted by Crippen LogP contribution is 2.43. The number of fused-ring (bicyclic) bond motifs is 1. The summed E-state index contributed by atoms with van der Waals surface area (Å²) in [6, 6.07) is -0.619. The summed E-state index contributed by atoms with van der Waals surface area (Å²) in [5, 5.41) is 14.8. The normalized spacial score (nSPS) is 30.2. The maximum atomic E-state index is 13.1. The predicted molar refractivity (Wildman–Crippen MR) is 98.0 cm³/mol. The van der Waals surface area contributed by atoms with Gasteiger partial charge in [-0.2, -0.15) is 0 Å². The van der Waals surface area contributed by atoms with Crippen LogP contribution in [0.4, 0.5) is 0 Å². The second-order valence-corrected chi connectivity index (χ2v) is 7.19. The summed E-state index contributed by atoms with van der Waals surface area (Å²) >= 11 is 0.